The smallest absolute Gasteiger partial charge is 0.364 e. The number of carbonyl (C=O) groups is 3. The molecule has 0 saturated heterocycles. The van der Waals surface area contributed by atoms with Gasteiger partial charge in [0.2, 0.25) is 6.29 Å². The number of hydrogen-bond acceptors (Lipinski definition) is 5. The van der Waals surface area contributed by atoms with Crippen molar-refractivity contribution < 1.29 is 19.2 Å². The van der Waals surface area contributed by atoms with Gasteiger partial charge in [-0.2, -0.15) is 0 Å². The summed E-state index contributed by atoms with van der Waals surface area (Å²) in [6.45, 7) is -0.163. The van der Waals surface area contributed by atoms with Crippen molar-refractivity contribution in [3.05, 3.63) is 35.9 Å². The predicted molar refractivity (Wildman–Crippen MR) is 50.9 cm³/mol. The summed E-state index contributed by atoms with van der Waals surface area (Å²) < 4.78 is 0. The molecule has 15 heavy (non-hydrogen) atoms. The lowest BCUT2D eigenvalue weighted by atomic mass is 10.1. The molecule has 0 radical (unpaired) electrons. The average Bonchev–Trinajstić information content (AvgIpc) is 2.29. The van der Waals surface area contributed by atoms with Crippen LogP contribution in [0.15, 0.2) is 30.3 Å². The van der Waals surface area contributed by atoms with Gasteiger partial charge in [0.15, 0.2) is 5.78 Å². The molecular formula is C10H9NO4. The van der Waals surface area contributed by atoms with E-state index < -0.39 is 5.97 Å². The van der Waals surface area contributed by atoms with E-state index in [4.69, 9.17) is 0 Å². The van der Waals surface area contributed by atoms with E-state index in [0.29, 0.717) is 5.56 Å². The molecule has 0 aromatic heterocycles. The number of rotatable bonds is 5. The SMILES string of the molecule is O=CC(=O)ONCC(=O)c1ccccc1. The third kappa shape index (κ3) is 3.70. The van der Waals surface area contributed by atoms with E-state index in [1.807, 2.05) is 0 Å². The van der Waals surface area contributed by atoms with Gasteiger partial charge in [0.1, 0.15) is 0 Å². The van der Waals surface area contributed by atoms with Crippen LogP contribution in [0.1, 0.15) is 10.4 Å². The number of ketones is 1. The topological polar surface area (TPSA) is 72.5 Å². The van der Waals surface area contributed by atoms with E-state index in [1.54, 1.807) is 30.3 Å². The lowest BCUT2D eigenvalue weighted by Gasteiger charge is -2.01. The number of hydroxylamine groups is 1. The van der Waals surface area contributed by atoms with Crippen molar-refractivity contribution in [2.45, 2.75) is 0 Å². The minimum absolute atomic E-state index is 0.0139. The Hall–Kier alpha value is -2.01. The van der Waals surface area contributed by atoms with Crippen molar-refractivity contribution in [3.8, 4) is 0 Å². The van der Waals surface area contributed by atoms with Gasteiger partial charge in [0.25, 0.3) is 0 Å². The maximum absolute atomic E-state index is 11.4. The van der Waals surface area contributed by atoms with Gasteiger partial charge >= 0.3 is 5.97 Å². The van der Waals surface area contributed by atoms with Crippen molar-refractivity contribution in [2.24, 2.45) is 0 Å². The summed E-state index contributed by atoms with van der Waals surface area (Å²) in [6.07, 6.45) is 0.0139. The van der Waals surface area contributed by atoms with Gasteiger partial charge in [-0.3, -0.25) is 9.59 Å². The molecule has 1 aromatic rings. The molecule has 0 aliphatic heterocycles. The van der Waals surface area contributed by atoms with Crippen molar-refractivity contribution in [2.75, 3.05) is 6.54 Å². The van der Waals surface area contributed by atoms with E-state index in [2.05, 4.69) is 10.3 Å². The van der Waals surface area contributed by atoms with Crippen molar-refractivity contribution in [1.29, 1.82) is 0 Å². The second-order valence-corrected chi connectivity index (χ2v) is 2.65. The van der Waals surface area contributed by atoms with Crippen LogP contribution < -0.4 is 5.48 Å². The Bertz CT molecular complexity index is 361. The lowest BCUT2D eigenvalue weighted by molar-refractivity contribution is -0.154. The quantitative estimate of drug-likeness (QED) is 0.321. The predicted octanol–water partition coefficient (Wildman–Crippen LogP) is 0.116. The van der Waals surface area contributed by atoms with E-state index in [9.17, 15) is 14.4 Å². The van der Waals surface area contributed by atoms with E-state index in [0.717, 1.165) is 0 Å². The molecule has 0 unspecified atom stereocenters. The van der Waals surface area contributed by atoms with Crippen LogP contribution >= 0.6 is 0 Å². The molecule has 0 spiro atoms. The fourth-order valence-corrected chi connectivity index (χ4v) is 0.923. The highest BCUT2D eigenvalue weighted by Crippen LogP contribution is 1.98. The van der Waals surface area contributed by atoms with Crippen LogP contribution in [-0.2, 0) is 14.4 Å². The van der Waals surface area contributed by atoms with Crippen LogP contribution in [0, 0.1) is 0 Å². The van der Waals surface area contributed by atoms with Crippen LogP contribution in [0.3, 0.4) is 0 Å². The molecule has 0 amide bonds. The first-order chi connectivity index (χ1) is 7.24. The van der Waals surface area contributed by atoms with E-state index >= 15 is 0 Å². The summed E-state index contributed by atoms with van der Waals surface area (Å²) in [7, 11) is 0. The number of hydrogen-bond donors (Lipinski definition) is 1. The zero-order chi connectivity index (χ0) is 11.1. The maximum atomic E-state index is 11.4. The molecule has 0 atom stereocenters. The monoisotopic (exact) mass is 207 g/mol. The molecule has 5 nitrogen and oxygen atoms in total. The standard InChI is InChI=1S/C10H9NO4/c12-7-10(14)15-11-6-9(13)8-4-2-1-3-5-8/h1-5,7,11H,6H2. The summed E-state index contributed by atoms with van der Waals surface area (Å²) in [5, 5.41) is 0. The molecule has 1 aromatic carbocycles. The molecule has 0 aliphatic rings. The normalized spacial score (nSPS) is 9.33. The third-order valence-corrected chi connectivity index (χ3v) is 1.60. The number of aldehydes is 1. The minimum atomic E-state index is -1.06. The van der Waals surface area contributed by atoms with Crippen LogP contribution in [0.4, 0.5) is 0 Å². The Balaban J connectivity index is 2.37. The molecule has 0 bridgehead atoms. The zero-order valence-corrected chi connectivity index (χ0v) is 7.80. The maximum Gasteiger partial charge on any atom is 0.389 e. The molecule has 1 rings (SSSR count). The van der Waals surface area contributed by atoms with Gasteiger partial charge in [0, 0.05) is 5.56 Å². The summed E-state index contributed by atoms with van der Waals surface area (Å²) in [5.74, 6) is -1.29. The van der Waals surface area contributed by atoms with Crippen molar-refractivity contribution in [3.63, 3.8) is 0 Å². The van der Waals surface area contributed by atoms with E-state index in [-0.39, 0.29) is 18.6 Å². The Morgan fingerprint density at radius 2 is 1.93 bits per heavy atom. The first-order valence-corrected chi connectivity index (χ1v) is 4.21. The largest absolute Gasteiger partial charge is 0.389 e. The van der Waals surface area contributed by atoms with Crippen molar-refractivity contribution >= 4 is 18.0 Å². The second-order valence-electron chi connectivity index (χ2n) is 2.65. The molecule has 0 fully saturated rings. The Morgan fingerprint density at radius 3 is 2.53 bits per heavy atom. The summed E-state index contributed by atoms with van der Waals surface area (Å²) in [6, 6.07) is 8.53. The van der Waals surface area contributed by atoms with Gasteiger partial charge in [-0.25, -0.2) is 4.79 Å². The minimum Gasteiger partial charge on any atom is -0.364 e. The molecular weight excluding hydrogens is 198 g/mol. The molecule has 1 N–H and O–H groups in total. The van der Waals surface area contributed by atoms with Gasteiger partial charge in [-0.15, -0.1) is 5.48 Å². The number of nitrogens with one attached hydrogen (secondary N) is 1. The van der Waals surface area contributed by atoms with Crippen LogP contribution in [0.2, 0.25) is 0 Å². The zero-order valence-electron chi connectivity index (χ0n) is 7.80. The summed E-state index contributed by atoms with van der Waals surface area (Å²) in [4.78, 5) is 35.8. The molecule has 0 saturated carbocycles. The highest BCUT2D eigenvalue weighted by Gasteiger charge is 2.05. The first kappa shape index (κ1) is 11.1. The lowest BCUT2D eigenvalue weighted by Crippen LogP contribution is -2.26. The van der Waals surface area contributed by atoms with Crippen LogP contribution in [0.25, 0.3) is 0 Å². The second kappa shape index (κ2) is 5.66. The fourth-order valence-electron chi connectivity index (χ4n) is 0.923. The van der Waals surface area contributed by atoms with Gasteiger partial charge in [-0.05, 0) is 0 Å². The first-order valence-electron chi connectivity index (χ1n) is 4.21. The van der Waals surface area contributed by atoms with Gasteiger partial charge in [-0.1, -0.05) is 30.3 Å². The molecule has 0 aliphatic carbocycles. The van der Waals surface area contributed by atoms with Crippen LogP contribution in [-0.4, -0.2) is 24.6 Å². The van der Waals surface area contributed by atoms with Crippen molar-refractivity contribution in [1.82, 2.24) is 5.48 Å². The number of Topliss-reactive ketones (excluding diaryl/α,β-unsaturated/α-hetero) is 1. The fraction of sp³-hybridized carbons (Fsp3) is 0.100. The third-order valence-electron chi connectivity index (χ3n) is 1.60. The highest BCUT2D eigenvalue weighted by molar-refractivity contribution is 6.20. The molecule has 78 valence electrons. The summed E-state index contributed by atoms with van der Waals surface area (Å²) in [5.41, 5.74) is 2.61. The number of benzene rings is 1. The van der Waals surface area contributed by atoms with Crippen LogP contribution in [0.5, 0.6) is 0 Å². The average molecular weight is 207 g/mol. The Kier molecular flexibility index (Phi) is 4.18. The van der Waals surface area contributed by atoms with Gasteiger partial charge in [0.05, 0.1) is 6.54 Å². The Morgan fingerprint density at radius 1 is 1.27 bits per heavy atom. The highest BCUT2D eigenvalue weighted by atomic mass is 16.7. The molecule has 0 heterocycles. The summed E-state index contributed by atoms with van der Waals surface area (Å²) >= 11 is 0. The van der Waals surface area contributed by atoms with Gasteiger partial charge < -0.3 is 4.84 Å². The molecule has 5 heteroatoms. The van der Waals surface area contributed by atoms with E-state index in [1.165, 1.54) is 0 Å². The number of carbonyl (C=O) groups excluding carboxylic acids is 3. The Labute approximate surface area is 86.0 Å².